The fourth-order valence-electron chi connectivity index (χ4n) is 3.28. The summed E-state index contributed by atoms with van der Waals surface area (Å²) in [5.74, 6) is 0.0472. The van der Waals surface area contributed by atoms with Crippen LogP contribution in [-0.4, -0.2) is 19.0 Å². The number of furan rings is 1. The quantitative estimate of drug-likeness (QED) is 0.389. The Kier molecular flexibility index (Phi) is 6.33. The van der Waals surface area contributed by atoms with Crippen LogP contribution in [0.5, 0.6) is 5.75 Å². The fourth-order valence-corrected chi connectivity index (χ4v) is 4.06. The van der Waals surface area contributed by atoms with E-state index in [0.717, 1.165) is 10.3 Å². The molecule has 0 aliphatic carbocycles. The molecule has 31 heavy (non-hydrogen) atoms. The normalized spacial score (nSPS) is 11.8. The number of thiophene rings is 1. The number of carbonyl (C=O) groups excluding carboxylic acids is 2. The molecule has 0 aliphatic heterocycles. The molecular weight excluding hydrogens is 414 g/mol. The summed E-state index contributed by atoms with van der Waals surface area (Å²) in [5, 5.41) is 5.63. The fraction of sp³-hybridized carbons (Fsp3) is 0.167. The summed E-state index contributed by atoms with van der Waals surface area (Å²) in [6.07, 6.45) is 0.0266. The Labute approximate surface area is 183 Å². The molecule has 1 unspecified atom stereocenters. The molecule has 0 saturated carbocycles. The Bertz CT molecular complexity index is 1170. The number of hydrogen-bond donors (Lipinski definition) is 1. The highest BCUT2D eigenvalue weighted by Crippen LogP contribution is 2.29. The second-order valence-corrected chi connectivity index (χ2v) is 7.81. The number of ether oxygens (including phenoxy) is 2. The molecule has 0 bridgehead atoms. The van der Waals surface area contributed by atoms with Gasteiger partial charge in [0.1, 0.15) is 17.9 Å². The van der Waals surface area contributed by atoms with Crippen molar-refractivity contribution in [1.82, 2.24) is 5.32 Å². The topological polar surface area (TPSA) is 77.8 Å². The Morgan fingerprint density at radius 3 is 2.55 bits per heavy atom. The zero-order valence-electron chi connectivity index (χ0n) is 16.9. The molecule has 7 heteroatoms. The smallest absolute Gasteiger partial charge is 0.307 e. The number of rotatable bonds is 8. The van der Waals surface area contributed by atoms with Gasteiger partial charge in [-0.15, -0.1) is 11.3 Å². The minimum absolute atomic E-state index is 0.0266. The van der Waals surface area contributed by atoms with Crippen molar-refractivity contribution in [2.24, 2.45) is 0 Å². The van der Waals surface area contributed by atoms with Crippen molar-refractivity contribution < 1.29 is 23.5 Å². The summed E-state index contributed by atoms with van der Waals surface area (Å²) < 4.78 is 16.6. The molecule has 1 amide bonds. The molecule has 2 heterocycles. The maximum Gasteiger partial charge on any atom is 0.307 e. The Morgan fingerprint density at radius 2 is 1.81 bits per heavy atom. The highest BCUT2D eigenvalue weighted by molar-refractivity contribution is 7.10. The van der Waals surface area contributed by atoms with Gasteiger partial charge in [-0.2, -0.15) is 0 Å². The first-order valence-corrected chi connectivity index (χ1v) is 10.6. The molecule has 2 aromatic carbocycles. The molecule has 6 nitrogen and oxygen atoms in total. The van der Waals surface area contributed by atoms with Crippen LogP contribution in [0, 0.1) is 0 Å². The van der Waals surface area contributed by atoms with E-state index in [1.54, 1.807) is 0 Å². The van der Waals surface area contributed by atoms with E-state index in [9.17, 15) is 9.59 Å². The lowest BCUT2D eigenvalue weighted by Gasteiger charge is -2.16. The number of carbonyl (C=O) groups is 2. The van der Waals surface area contributed by atoms with Gasteiger partial charge in [-0.3, -0.25) is 9.59 Å². The highest BCUT2D eigenvalue weighted by Gasteiger charge is 2.26. The summed E-state index contributed by atoms with van der Waals surface area (Å²) in [4.78, 5) is 26.0. The van der Waals surface area contributed by atoms with Crippen LogP contribution < -0.4 is 10.1 Å². The number of amides is 1. The van der Waals surface area contributed by atoms with Crippen molar-refractivity contribution in [3.63, 3.8) is 0 Å². The van der Waals surface area contributed by atoms with Gasteiger partial charge in [0.15, 0.2) is 5.76 Å². The van der Waals surface area contributed by atoms with Crippen molar-refractivity contribution in [2.75, 3.05) is 7.11 Å². The third-order valence-corrected chi connectivity index (χ3v) is 5.81. The van der Waals surface area contributed by atoms with Crippen LogP contribution in [0.2, 0.25) is 0 Å². The zero-order chi connectivity index (χ0) is 21.6. The molecule has 0 spiro atoms. The SMILES string of the molecule is COC(=O)CC(NC(=O)c1oc2ccccc2c1COc1ccccc1)c1cccs1. The number of benzene rings is 2. The van der Waals surface area contributed by atoms with E-state index in [1.165, 1.54) is 18.4 Å². The van der Waals surface area contributed by atoms with Crippen molar-refractivity contribution >= 4 is 34.2 Å². The van der Waals surface area contributed by atoms with E-state index >= 15 is 0 Å². The summed E-state index contributed by atoms with van der Waals surface area (Å²) in [6.45, 7) is 0.171. The maximum atomic E-state index is 13.2. The van der Waals surface area contributed by atoms with Gasteiger partial charge < -0.3 is 19.2 Å². The van der Waals surface area contributed by atoms with Gasteiger partial charge in [0, 0.05) is 15.8 Å². The van der Waals surface area contributed by atoms with Crippen LogP contribution in [0.25, 0.3) is 11.0 Å². The van der Waals surface area contributed by atoms with Gasteiger partial charge in [-0.25, -0.2) is 0 Å². The van der Waals surface area contributed by atoms with Gasteiger partial charge in [0.05, 0.1) is 19.6 Å². The van der Waals surface area contributed by atoms with Gasteiger partial charge in [0.2, 0.25) is 0 Å². The average molecular weight is 436 g/mol. The lowest BCUT2D eigenvalue weighted by atomic mass is 10.1. The first-order chi connectivity index (χ1) is 15.2. The number of hydrogen-bond acceptors (Lipinski definition) is 6. The van der Waals surface area contributed by atoms with Crippen molar-refractivity contribution in [1.29, 1.82) is 0 Å². The van der Waals surface area contributed by atoms with Crippen LogP contribution >= 0.6 is 11.3 Å². The van der Waals surface area contributed by atoms with Crippen LogP contribution in [-0.2, 0) is 16.1 Å². The van der Waals surface area contributed by atoms with Crippen LogP contribution in [0.1, 0.15) is 33.5 Å². The summed E-state index contributed by atoms with van der Waals surface area (Å²) >= 11 is 1.46. The Balaban J connectivity index is 1.62. The van der Waals surface area contributed by atoms with E-state index in [2.05, 4.69) is 5.32 Å². The van der Waals surface area contributed by atoms with Crippen LogP contribution in [0.15, 0.2) is 76.5 Å². The molecular formula is C24H21NO5S. The summed E-state index contributed by atoms with van der Waals surface area (Å²) in [7, 11) is 1.33. The first kappa shape index (κ1) is 20.7. The summed E-state index contributed by atoms with van der Waals surface area (Å²) in [6, 6.07) is 20.0. The number of methoxy groups -OCH3 is 1. The first-order valence-electron chi connectivity index (χ1n) is 9.75. The predicted octanol–water partition coefficient (Wildman–Crippen LogP) is 5.11. The van der Waals surface area contributed by atoms with Crippen LogP contribution in [0.3, 0.4) is 0 Å². The molecule has 0 saturated heterocycles. The second kappa shape index (κ2) is 9.49. The van der Waals surface area contributed by atoms with Gasteiger partial charge in [-0.05, 0) is 29.6 Å². The van der Waals surface area contributed by atoms with E-state index in [0.29, 0.717) is 16.9 Å². The standard InChI is InChI=1S/C24H21NO5S/c1-28-22(26)14-19(21-12-7-13-31-21)25-24(27)23-18(15-29-16-8-3-2-4-9-16)17-10-5-6-11-20(17)30-23/h2-13,19H,14-15H2,1H3,(H,25,27). The van der Waals surface area contributed by atoms with Crippen molar-refractivity contribution in [3.8, 4) is 5.75 Å². The molecule has 4 rings (SSSR count). The molecule has 0 fully saturated rings. The van der Waals surface area contributed by atoms with E-state index in [1.807, 2.05) is 72.1 Å². The number of nitrogens with one attached hydrogen (secondary N) is 1. The minimum Gasteiger partial charge on any atom is -0.489 e. The average Bonchev–Trinajstić information content (AvgIpc) is 3.46. The lowest BCUT2D eigenvalue weighted by Crippen LogP contribution is -2.30. The van der Waals surface area contributed by atoms with E-state index < -0.39 is 17.9 Å². The zero-order valence-corrected chi connectivity index (χ0v) is 17.7. The van der Waals surface area contributed by atoms with Crippen molar-refractivity contribution in [2.45, 2.75) is 19.1 Å². The monoisotopic (exact) mass is 435 g/mol. The van der Waals surface area contributed by atoms with Crippen LogP contribution in [0.4, 0.5) is 0 Å². The van der Waals surface area contributed by atoms with Crippen molar-refractivity contribution in [3.05, 3.63) is 88.3 Å². The summed E-state index contributed by atoms with van der Waals surface area (Å²) in [5.41, 5.74) is 1.25. The second-order valence-electron chi connectivity index (χ2n) is 6.83. The largest absolute Gasteiger partial charge is 0.489 e. The van der Waals surface area contributed by atoms with Gasteiger partial charge >= 0.3 is 5.97 Å². The molecule has 4 aromatic rings. The number of esters is 1. The molecule has 1 atom stereocenters. The van der Waals surface area contributed by atoms with Gasteiger partial charge in [-0.1, -0.05) is 42.5 Å². The lowest BCUT2D eigenvalue weighted by molar-refractivity contribution is -0.141. The van der Waals surface area contributed by atoms with E-state index in [-0.39, 0.29) is 18.8 Å². The van der Waals surface area contributed by atoms with E-state index in [4.69, 9.17) is 13.9 Å². The molecule has 1 N–H and O–H groups in total. The predicted molar refractivity (Wildman–Crippen MR) is 118 cm³/mol. The Hall–Kier alpha value is -3.58. The third-order valence-electron chi connectivity index (χ3n) is 4.82. The minimum atomic E-state index is -0.518. The molecule has 0 aliphatic rings. The third kappa shape index (κ3) is 4.78. The molecule has 2 aromatic heterocycles. The Morgan fingerprint density at radius 1 is 1.03 bits per heavy atom. The highest BCUT2D eigenvalue weighted by atomic mass is 32.1. The van der Waals surface area contributed by atoms with Gasteiger partial charge in [0.25, 0.3) is 5.91 Å². The molecule has 158 valence electrons. The molecule has 0 radical (unpaired) electrons. The maximum absolute atomic E-state index is 13.2. The number of para-hydroxylation sites is 2. The number of fused-ring (bicyclic) bond motifs is 1.